The highest BCUT2D eigenvalue weighted by atomic mass is 79.9. The Morgan fingerprint density at radius 2 is 1.95 bits per heavy atom. The third-order valence-electron chi connectivity index (χ3n) is 2.81. The van der Waals surface area contributed by atoms with Crippen LogP contribution in [0.4, 0.5) is 8.78 Å². The number of benzene rings is 2. The SMILES string of the molecule is CC(O)c1cc(F)ccc1OCc1cc(Br)ccc1F. The minimum absolute atomic E-state index is 0.00335. The van der Waals surface area contributed by atoms with Gasteiger partial charge >= 0.3 is 0 Å². The van der Waals surface area contributed by atoms with E-state index in [9.17, 15) is 13.9 Å². The van der Waals surface area contributed by atoms with Gasteiger partial charge in [0.25, 0.3) is 0 Å². The summed E-state index contributed by atoms with van der Waals surface area (Å²) in [6.07, 6.45) is -0.868. The minimum atomic E-state index is -0.868. The predicted octanol–water partition coefficient (Wildman–Crippen LogP) is 4.36. The van der Waals surface area contributed by atoms with Gasteiger partial charge in [0.05, 0.1) is 6.10 Å². The monoisotopic (exact) mass is 342 g/mol. The largest absolute Gasteiger partial charge is 0.488 e. The lowest BCUT2D eigenvalue weighted by atomic mass is 10.1. The van der Waals surface area contributed by atoms with E-state index in [1.54, 1.807) is 12.1 Å². The minimum Gasteiger partial charge on any atom is -0.488 e. The molecule has 0 radical (unpaired) electrons. The molecule has 0 saturated heterocycles. The lowest BCUT2D eigenvalue weighted by molar-refractivity contribution is 0.189. The first-order valence-electron chi connectivity index (χ1n) is 6.01. The number of aliphatic hydroxyl groups excluding tert-OH is 1. The normalized spacial score (nSPS) is 12.2. The molecule has 0 aliphatic rings. The Hall–Kier alpha value is -1.46. The molecule has 5 heteroatoms. The van der Waals surface area contributed by atoms with Crippen molar-refractivity contribution in [2.24, 2.45) is 0 Å². The average Bonchev–Trinajstić information content (AvgIpc) is 2.40. The standard InChI is InChI=1S/C15H13BrF2O2/c1-9(19)13-7-12(17)3-5-15(13)20-8-10-6-11(16)2-4-14(10)18/h2-7,9,19H,8H2,1H3. The van der Waals surface area contributed by atoms with Crippen LogP contribution in [0, 0.1) is 11.6 Å². The van der Waals surface area contributed by atoms with Crippen LogP contribution in [-0.2, 0) is 6.61 Å². The van der Waals surface area contributed by atoms with E-state index in [1.165, 1.54) is 31.2 Å². The third kappa shape index (κ3) is 3.55. The van der Waals surface area contributed by atoms with Crippen LogP contribution in [0.3, 0.4) is 0 Å². The summed E-state index contributed by atoms with van der Waals surface area (Å²) in [5.74, 6) is -0.503. The van der Waals surface area contributed by atoms with Crippen molar-refractivity contribution in [3.8, 4) is 5.75 Å². The Balaban J connectivity index is 2.20. The first-order valence-corrected chi connectivity index (χ1v) is 6.81. The van der Waals surface area contributed by atoms with Crippen LogP contribution < -0.4 is 4.74 Å². The fourth-order valence-electron chi connectivity index (χ4n) is 1.79. The molecule has 0 aromatic heterocycles. The summed E-state index contributed by atoms with van der Waals surface area (Å²) in [7, 11) is 0. The van der Waals surface area contributed by atoms with E-state index >= 15 is 0 Å². The number of hydrogen-bond acceptors (Lipinski definition) is 2. The van der Waals surface area contributed by atoms with Gasteiger partial charge in [-0.2, -0.15) is 0 Å². The smallest absolute Gasteiger partial charge is 0.129 e. The first-order chi connectivity index (χ1) is 9.47. The molecule has 0 heterocycles. The molecular weight excluding hydrogens is 330 g/mol. The predicted molar refractivity (Wildman–Crippen MR) is 75.5 cm³/mol. The number of aliphatic hydroxyl groups is 1. The van der Waals surface area contributed by atoms with Crippen LogP contribution in [0.15, 0.2) is 40.9 Å². The second-order valence-corrected chi connectivity index (χ2v) is 5.30. The Morgan fingerprint density at radius 1 is 1.20 bits per heavy atom. The molecule has 0 aliphatic heterocycles. The van der Waals surface area contributed by atoms with Crippen LogP contribution in [0.25, 0.3) is 0 Å². The van der Waals surface area contributed by atoms with E-state index in [0.717, 1.165) is 4.47 Å². The van der Waals surface area contributed by atoms with Crippen molar-refractivity contribution < 1.29 is 18.6 Å². The molecule has 20 heavy (non-hydrogen) atoms. The van der Waals surface area contributed by atoms with Crippen LogP contribution in [0.1, 0.15) is 24.2 Å². The fourth-order valence-corrected chi connectivity index (χ4v) is 2.20. The second kappa shape index (κ2) is 6.33. The van der Waals surface area contributed by atoms with Gasteiger partial charge in [0.2, 0.25) is 0 Å². The lowest BCUT2D eigenvalue weighted by Crippen LogP contribution is -2.03. The number of halogens is 3. The highest BCUT2D eigenvalue weighted by molar-refractivity contribution is 9.10. The van der Waals surface area contributed by atoms with E-state index < -0.39 is 11.9 Å². The van der Waals surface area contributed by atoms with Crippen molar-refractivity contribution in [1.29, 1.82) is 0 Å². The summed E-state index contributed by atoms with van der Waals surface area (Å²) in [6, 6.07) is 8.41. The summed E-state index contributed by atoms with van der Waals surface area (Å²) >= 11 is 3.26. The Labute approximate surface area is 124 Å². The maximum absolute atomic E-state index is 13.6. The van der Waals surface area contributed by atoms with Gasteiger partial charge in [-0.15, -0.1) is 0 Å². The Kier molecular flexibility index (Phi) is 4.73. The van der Waals surface area contributed by atoms with Crippen molar-refractivity contribution in [2.45, 2.75) is 19.6 Å². The molecule has 0 saturated carbocycles. The molecule has 0 spiro atoms. The second-order valence-electron chi connectivity index (χ2n) is 4.38. The van der Waals surface area contributed by atoms with Gasteiger partial charge in [-0.1, -0.05) is 15.9 Å². The van der Waals surface area contributed by atoms with Crippen LogP contribution in [-0.4, -0.2) is 5.11 Å². The molecule has 1 atom stereocenters. The zero-order chi connectivity index (χ0) is 14.7. The van der Waals surface area contributed by atoms with Gasteiger partial charge in [0.15, 0.2) is 0 Å². The highest BCUT2D eigenvalue weighted by Crippen LogP contribution is 2.27. The summed E-state index contributed by atoms with van der Waals surface area (Å²) in [5, 5.41) is 9.60. The van der Waals surface area contributed by atoms with Gasteiger partial charge in [-0.05, 0) is 43.3 Å². The Morgan fingerprint density at radius 3 is 2.65 bits per heavy atom. The molecule has 106 valence electrons. The molecule has 2 aromatic rings. The molecule has 2 aromatic carbocycles. The zero-order valence-corrected chi connectivity index (χ0v) is 12.3. The van der Waals surface area contributed by atoms with Gasteiger partial charge in [-0.25, -0.2) is 8.78 Å². The molecule has 0 aliphatic carbocycles. The van der Waals surface area contributed by atoms with Crippen molar-refractivity contribution in [3.05, 3.63) is 63.6 Å². The van der Waals surface area contributed by atoms with Crippen LogP contribution in [0.5, 0.6) is 5.75 Å². The van der Waals surface area contributed by atoms with E-state index in [-0.39, 0.29) is 12.4 Å². The molecule has 0 amide bonds. The summed E-state index contributed by atoms with van der Waals surface area (Å²) in [6.45, 7) is 1.51. The number of rotatable bonds is 4. The fraction of sp³-hybridized carbons (Fsp3) is 0.200. The number of ether oxygens (including phenoxy) is 1. The topological polar surface area (TPSA) is 29.5 Å². The lowest BCUT2D eigenvalue weighted by Gasteiger charge is -2.14. The van der Waals surface area contributed by atoms with E-state index in [4.69, 9.17) is 4.74 Å². The first kappa shape index (κ1) is 14.9. The van der Waals surface area contributed by atoms with Crippen LogP contribution >= 0.6 is 15.9 Å². The molecule has 2 rings (SSSR count). The highest BCUT2D eigenvalue weighted by Gasteiger charge is 2.12. The molecule has 0 fully saturated rings. The molecule has 2 nitrogen and oxygen atoms in total. The maximum atomic E-state index is 13.6. The third-order valence-corrected chi connectivity index (χ3v) is 3.31. The summed E-state index contributed by atoms with van der Waals surface area (Å²) in [4.78, 5) is 0. The van der Waals surface area contributed by atoms with E-state index in [2.05, 4.69) is 15.9 Å². The van der Waals surface area contributed by atoms with Crippen LogP contribution in [0.2, 0.25) is 0 Å². The van der Waals surface area contributed by atoms with Crippen molar-refractivity contribution in [2.75, 3.05) is 0 Å². The van der Waals surface area contributed by atoms with Gasteiger partial charge in [-0.3, -0.25) is 0 Å². The maximum Gasteiger partial charge on any atom is 0.129 e. The van der Waals surface area contributed by atoms with E-state index in [0.29, 0.717) is 16.9 Å². The van der Waals surface area contributed by atoms with Crippen molar-refractivity contribution in [3.63, 3.8) is 0 Å². The van der Waals surface area contributed by atoms with Gasteiger partial charge in [0, 0.05) is 15.6 Å². The van der Waals surface area contributed by atoms with Crippen molar-refractivity contribution in [1.82, 2.24) is 0 Å². The quantitative estimate of drug-likeness (QED) is 0.894. The Bertz CT molecular complexity index is 615. The summed E-state index contributed by atoms with van der Waals surface area (Å²) < 4.78 is 33.0. The molecular formula is C15H13BrF2O2. The summed E-state index contributed by atoms with van der Waals surface area (Å²) in [5.41, 5.74) is 0.709. The van der Waals surface area contributed by atoms with Crippen molar-refractivity contribution >= 4 is 15.9 Å². The average molecular weight is 343 g/mol. The molecule has 1 N–H and O–H groups in total. The molecule has 1 unspecified atom stereocenters. The van der Waals surface area contributed by atoms with Gasteiger partial charge < -0.3 is 9.84 Å². The van der Waals surface area contributed by atoms with Gasteiger partial charge in [0.1, 0.15) is 24.0 Å². The van der Waals surface area contributed by atoms with E-state index in [1.807, 2.05) is 0 Å². The zero-order valence-electron chi connectivity index (χ0n) is 10.7. The number of hydrogen-bond donors (Lipinski definition) is 1. The molecule has 0 bridgehead atoms.